The number of nitrogens with zero attached hydrogens (tertiary/aromatic N) is 2. The molecule has 6 nitrogen and oxygen atoms in total. The molecule has 1 aromatic heterocycles. The lowest BCUT2D eigenvalue weighted by molar-refractivity contribution is 0.199. The van der Waals surface area contributed by atoms with Crippen LogP contribution in [0.5, 0.6) is 0 Å². The molecular weight excluding hydrogens is 276 g/mol. The molecule has 1 aliphatic heterocycles. The average Bonchev–Trinajstić information content (AvgIpc) is 3.16. The minimum atomic E-state index is -3.46. The maximum absolute atomic E-state index is 12.4. The Morgan fingerprint density at radius 2 is 1.85 bits per heavy atom. The van der Waals surface area contributed by atoms with Crippen LogP contribution in [0.25, 0.3) is 0 Å². The van der Waals surface area contributed by atoms with Crippen LogP contribution in [0.4, 0.5) is 0 Å². The molecule has 2 aliphatic rings. The molecule has 2 N–H and O–H groups in total. The second-order valence-electron chi connectivity index (χ2n) is 5.93. The van der Waals surface area contributed by atoms with Gasteiger partial charge in [0.1, 0.15) is 4.90 Å². The Morgan fingerprint density at radius 3 is 2.35 bits per heavy atom. The summed E-state index contributed by atoms with van der Waals surface area (Å²) in [6, 6.07) is 0.814. The molecule has 0 atom stereocenters. The molecule has 2 fully saturated rings. The number of nitrogens with one attached hydrogen (secondary N) is 2. The van der Waals surface area contributed by atoms with E-state index in [0.29, 0.717) is 16.3 Å². The quantitative estimate of drug-likeness (QED) is 0.867. The molecule has 0 spiro atoms. The Kier molecular flexibility index (Phi) is 3.60. The summed E-state index contributed by atoms with van der Waals surface area (Å²) in [6.07, 6.45) is 4.41. The average molecular weight is 298 g/mol. The lowest BCUT2D eigenvalue weighted by atomic mass is 10.1. The van der Waals surface area contributed by atoms with Crippen LogP contribution in [-0.2, 0) is 10.0 Å². The van der Waals surface area contributed by atoms with Crippen LogP contribution < -0.4 is 4.72 Å². The standard InChI is InChI=1S/C13H22N4O2S/c1-9-13(10(2)15-14-9)20(18,19)16-11-5-7-17(8-6-11)12-3-4-12/h11-12,16H,3-8H2,1-2H3,(H,14,15). The number of aromatic nitrogens is 2. The van der Waals surface area contributed by atoms with Crippen molar-refractivity contribution in [3.05, 3.63) is 11.4 Å². The van der Waals surface area contributed by atoms with Crippen molar-refractivity contribution in [2.24, 2.45) is 0 Å². The van der Waals surface area contributed by atoms with Crippen molar-refractivity contribution in [3.63, 3.8) is 0 Å². The molecule has 112 valence electrons. The second-order valence-corrected chi connectivity index (χ2v) is 7.58. The molecule has 0 radical (unpaired) electrons. The van der Waals surface area contributed by atoms with E-state index < -0.39 is 10.0 Å². The van der Waals surface area contributed by atoms with Gasteiger partial charge in [0.15, 0.2) is 0 Å². The Bertz CT molecular complexity index is 564. The van der Waals surface area contributed by atoms with Crippen LogP contribution in [-0.4, -0.2) is 48.7 Å². The predicted molar refractivity (Wildman–Crippen MR) is 76.0 cm³/mol. The highest BCUT2D eigenvalue weighted by Gasteiger charge is 2.33. The molecule has 1 aliphatic carbocycles. The minimum absolute atomic E-state index is 0.0451. The van der Waals surface area contributed by atoms with Gasteiger partial charge in [0.05, 0.1) is 11.4 Å². The summed E-state index contributed by atoms with van der Waals surface area (Å²) < 4.78 is 27.7. The Hall–Kier alpha value is -0.920. The Balaban J connectivity index is 1.65. The topological polar surface area (TPSA) is 78.1 Å². The van der Waals surface area contributed by atoms with E-state index in [1.807, 2.05) is 0 Å². The molecule has 0 amide bonds. The Morgan fingerprint density at radius 1 is 1.20 bits per heavy atom. The number of aryl methyl sites for hydroxylation is 2. The molecular formula is C13H22N4O2S. The fraction of sp³-hybridized carbons (Fsp3) is 0.769. The van der Waals surface area contributed by atoms with E-state index in [1.54, 1.807) is 13.8 Å². The van der Waals surface area contributed by atoms with E-state index in [1.165, 1.54) is 12.8 Å². The highest BCUT2D eigenvalue weighted by atomic mass is 32.2. The fourth-order valence-electron chi connectivity index (χ4n) is 3.04. The van der Waals surface area contributed by atoms with Gasteiger partial charge >= 0.3 is 0 Å². The monoisotopic (exact) mass is 298 g/mol. The number of rotatable bonds is 4. The van der Waals surface area contributed by atoms with E-state index in [2.05, 4.69) is 19.8 Å². The first-order valence-electron chi connectivity index (χ1n) is 7.25. The summed E-state index contributed by atoms with van der Waals surface area (Å²) >= 11 is 0. The summed E-state index contributed by atoms with van der Waals surface area (Å²) in [5.74, 6) is 0. The van der Waals surface area contributed by atoms with Crippen molar-refractivity contribution in [2.75, 3.05) is 13.1 Å². The predicted octanol–water partition coefficient (Wildman–Crippen LogP) is 0.932. The van der Waals surface area contributed by atoms with Gasteiger partial charge in [-0.2, -0.15) is 5.10 Å². The van der Waals surface area contributed by atoms with Crippen LogP contribution >= 0.6 is 0 Å². The largest absolute Gasteiger partial charge is 0.300 e. The summed E-state index contributed by atoms with van der Waals surface area (Å²) in [6.45, 7) is 5.46. The summed E-state index contributed by atoms with van der Waals surface area (Å²) in [5, 5.41) is 6.70. The van der Waals surface area contributed by atoms with E-state index in [-0.39, 0.29) is 6.04 Å². The molecule has 0 aromatic carbocycles. The van der Waals surface area contributed by atoms with Gasteiger partial charge in [-0.15, -0.1) is 0 Å². The smallest absolute Gasteiger partial charge is 0.244 e. The number of hydrogen-bond donors (Lipinski definition) is 2. The Labute approximate surface area is 120 Å². The van der Waals surface area contributed by atoms with Crippen molar-refractivity contribution < 1.29 is 8.42 Å². The number of piperidine rings is 1. The first kappa shape index (κ1) is 14.0. The number of likely N-dealkylation sites (tertiary alicyclic amines) is 1. The summed E-state index contributed by atoms with van der Waals surface area (Å²) in [5.41, 5.74) is 1.14. The molecule has 20 heavy (non-hydrogen) atoms. The highest BCUT2D eigenvalue weighted by molar-refractivity contribution is 7.89. The normalized spacial score (nSPS) is 22.3. The lowest BCUT2D eigenvalue weighted by Crippen LogP contribution is -2.45. The van der Waals surface area contributed by atoms with Crippen molar-refractivity contribution in [2.45, 2.75) is 56.5 Å². The zero-order valence-corrected chi connectivity index (χ0v) is 12.8. The third kappa shape index (κ3) is 2.75. The molecule has 7 heteroatoms. The highest BCUT2D eigenvalue weighted by Crippen LogP contribution is 2.29. The van der Waals surface area contributed by atoms with Crippen LogP contribution in [0.1, 0.15) is 37.1 Å². The molecule has 0 unspecified atom stereocenters. The van der Waals surface area contributed by atoms with E-state index in [0.717, 1.165) is 32.0 Å². The number of sulfonamides is 1. The van der Waals surface area contributed by atoms with Crippen molar-refractivity contribution in [1.82, 2.24) is 19.8 Å². The van der Waals surface area contributed by atoms with Gasteiger partial charge in [-0.25, -0.2) is 13.1 Å². The SMILES string of the molecule is Cc1n[nH]c(C)c1S(=O)(=O)NC1CCN(C2CC2)CC1. The molecule has 2 heterocycles. The van der Waals surface area contributed by atoms with Crippen LogP contribution in [0.2, 0.25) is 0 Å². The minimum Gasteiger partial charge on any atom is -0.300 e. The molecule has 0 bridgehead atoms. The maximum Gasteiger partial charge on any atom is 0.244 e. The third-order valence-electron chi connectivity index (χ3n) is 4.24. The van der Waals surface area contributed by atoms with Gasteiger partial charge in [0.2, 0.25) is 10.0 Å². The van der Waals surface area contributed by atoms with E-state index in [9.17, 15) is 8.42 Å². The fourth-order valence-corrected chi connectivity index (χ4v) is 4.71. The summed E-state index contributed by atoms with van der Waals surface area (Å²) in [7, 11) is -3.46. The van der Waals surface area contributed by atoms with Crippen molar-refractivity contribution >= 4 is 10.0 Å². The molecule has 1 aromatic rings. The number of hydrogen-bond acceptors (Lipinski definition) is 4. The molecule has 1 saturated heterocycles. The van der Waals surface area contributed by atoms with Gasteiger partial charge in [-0.3, -0.25) is 5.10 Å². The second kappa shape index (κ2) is 5.13. The molecule has 1 saturated carbocycles. The van der Waals surface area contributed by atoms with Crippen molar-refractivity contribution in [3.8, 4) is 0 Å². The van der Waals surface area contributed by atoms with Crippen LogP contribution in [0, 0.1) is 13.8 Å². The number of H-pyrrole nitrogens is 1. The summed E-state index contributed by atoms with van der Waals surface area (Å²) in [4.78, 5) is 2.79. The van der Waals surface area contributed by atoms with Gasteiger partial charge < -0.3 is 4.90 Å². The van der Waals surface area contributed by atoms with Gasteiger partial charge in [-0.05, 0) is 52.6 Å². The molecule has 3 rings (SSSR count). The lowest BCUT2D eigenvalue weighted by Gasteiger charge is -2.32. The van der Waals surface area contributed by atoms with Crippen LogP contribution in [0.3, 0.4) is 0 Å². The maximum atomic E-state index is 12.4. The van der Waals surface area contributed by atoms with Crippen molar-refractivity contribution in [1.29, 1.82) is 0 Å². The van der Waals surface area contributed by atoms with Crippen LogP contribution in [0.15, 0.2) is 4.90 Å². The number of aromatic amines is 1. The third-order valence-corrected chi connectivity index (χ3v) is 6.03. The van der Waals surface area contributed by atoms with Gasteiger partial charge in [0.25, 0.3) is 0 Å². The van der Waals surface area contributed by atoms with Gasteiger partial charge in [-0.1, -0.05) is 0 Å². The zero-order valence-electron chi connectivity index (χ0n) is 12.0. The van der Waals surface area contributed by atoms with E-state index >= 15 is 0 Å². The first-order valence-corrected chi connectivity index (χ1v) is 8.73. The zero-order chi connectivity index (χ0) is 14.3. The first-order chi connectivity index (χ1) is 9.47. The van der Waals surface area contributed by atoms with E-state index in [4.69, 9.17) is 0 Å². The van der Waals surface area contributed by atoms with Gasteiger partial charge in [0, 0.05) is 12.1 Å².